The smallest absolute Gasteiger partial charge is 0.372 e. The number of carbonyl (C=O) groups excluding carboxylic acids is 1. The Labute approximate surface area is 121 Å². The Hall–Kier alpha value is -2.34. The fourth-order valence-corrected chi connectivity index (χ4v) is 2.25. The number of hydrogen-bond donors (Lipinski definition) is 3. The number of benzene rings is 1. The number of para-hydroxylation sites is 1. The highest BCUT2D eigenvalue weighted by molar-refractivity contribution is 5.95. The van der Waals surface area contributed by atoms with Crippen LogP contribution in [0, 0.1) is 0 Å². The number of amides is 1. The Bertz CT molecular complexity index is 688. The lowest BCUT2D eigenvalue weighted by molar-refractivity contribution is -0.120. The van der Waals surface area contributed by atoms with Crippen molar-refractivity contribution < 1.29 is 19.1 Å². The molecule has 0 aliphatic heterocycles. The van der Waals surface area contributed by atoms with Gasteiger partial charge in [-0.1, -0.05) is 18.2 Å². The van der Waals surface area contributed by atoms with Crippen molar-refractivity contribution in [3.8, 4) is 0 Å². The molecule has 1 fully saturated rings. The quantitative estimate of drug-likeness (QED) is 0.749. The summed E-state index contributed by atoms with van der Waals surface area (Å²) in [4.78, 5) is 22.8. The van der Waals surface area contributed by atoms with E-state index in [0.29, 0.717) is 17.2 Å². The van der Waals surface area contributed by atoms with Gasteiger partial charge in [0.25, 0.3) is 0 Å². The molecule has 1 aliphatic rings. The molecule has 3 rings (SSSR count). The predicted molar refractivity (Wildman–Crippen MR) is 76.0 cm³/mol. The highest BCUT2D eigenvalue weighted by Crippen LogP contribution is 2.25. The normalized spacial score (nSPS) is 14.3. The highest BCUT2D eigenvalue weighted by Gasteiger charge is 2.23. The van der Waals surface area contributed by atoms with E-state index in [1.807, 2.05) is 12.1 Å². The second kappa shape index (κ2) is 5.57. The molecule has 21 heavy (non-hydrogen) atoms. The molecule has 1 amide bonds. The first kappa shape index (κ1) is 13.6. The van der Waals surface area contributed by atoms with Gasteiger partial charge in [-0.3, -0.25) is 4.79 Å². The van der Waals surface area contributed by atoms with Crippen molar-refractivity contribution >= 4 is 22.8 Å². The van der Waals surface area contributed by atoms with Gasteiger partial charge in [-0.15, -0.1) is 0 Å². The summed E-state index contributed by atoms with van der Waals surface area (Å²) in [5, 5.41) is 15.8. The number of carboxylic acid groups (broad SMARTS) is 1. The van der Waals surface area contributed by atoms with Crippen LogP contribution in [0.4, 0.5) is 0 Å². The summed E-state index contributed by atoms with van der Waals surface area (Å²) in [5.74, 6) is -1.25. The van der Waals surface area contributed by atoms with Crippen LogP contribution in [0.3, 0.4) is 0 Å². The average molecular weight is 288 g/mol. The molecule has 110 valence electrons. The number of fused-ring (bicyclic) bond motifs is 1. The largest absolute Gasteiger partial charge is 0.475 e. The molecule has 1 saturated carbocycles. The molecule has 6 heteroatoms. The Morgan fingerprint density at radius 1 is 1.29 bits per heavy atom. The van der Waals surface area contributed by atoms with Gasteiger partial charge in [0.2, 0.25) is 11.7 Å². The molecular weight excluding hydrogens is 272 g/mol. The Balaban J connectivity index is 1.71. The lowest BCUT2D eigenvalue weighted by atomic mass is 10.1. The van der Waals surface area contributed by atoms with Crippen LogP contribution in [-0.4, -0.2) is 29.6 Å². The standard InChI is InChI=1S/C15H16N2O4/c18-13(17-9-5-6-9)8-16-7-11-10-3-1-2-4-12(10)21-14(11)15(19)20/h1-4,9,16H,5-8H2,(H,17,18)(H,19,20). The monoisotopic (exact) mass is 288 g/mol. The minimum Gasteiger partial charge on any atom is -0.475 e. The Morgan fingerprint density at radius 2 is 2.05 bits per heavy atom. The topological polar surface area (TPSA) is 91.6 Å². The van der Waals surface area contributed by atoms with Crippen molar-refractivity contribution in [3.63, 3.8) is 0 Å². The lowest BCUT2D eigenvalue weighted by Crippen LogP contribution is -2.34. The van der Waals surface area contributed by atoms with Gasteiger partial charge in [-0.2, -0.15) is 0 Å². The zero-order chi connectivity index (χ0) is 14.8. The van der Waals surface area contributed by atoms with E-state index in [9.17, 15) is 14.7 Å². The molecule has 6 nitrogen and oxygen atoms in total. The van der Waals surface area contributed by atoms with E-state index in [4.69, 9.17) is 4.42 Å². The molecule has 0 unspecified atom stereocenters. The number of carbonyl (C=O) groups is 2. The maximum absolute atomic E-state index is 11.6. The third-order valence-electron chi connectivity index (χ3n) is 3.42. The van der Waals surface area contributed by atoms with E-state index in [1.165, 1.54) is 0 Å². The Kier molecular flexibility index (Phi) is 3.62. The second-order valence-corrected chi connectivity index (χ2v) is 5.16. The summed E-state index contributed by atoms with van der Waals surface area (Å²) in [6.07, 6.45) is 2.09. The number of rotatable bonds is 6. The fourth-order valence-electron chi connectivity index (χ4n) is 2.25. The number of furan rings is 1. The van der Waals surface area contributed by atoms with Crippen molar-refractivity contribution in [2.24, 2.45) is 0 Å². The van der Waals surface area contributed by atoms with Crippen molar-refractivity contribution in [2.75, 3.05) is 6.54 Å². The summed E-state index contributed by atoms with van der Waals surface area (Å²) in [6.45, 7) is 0.436. The zero-order valence-corrected chi connectivity index (χ0v) is 11.4. The van der Waals surface area contributed by atoms with E-state index >= 15 is 0 Å². The van der Waals surface area contributed by atoms with Gasteiger partial charge < -0.3 is 20.2 Å². The molecule has 0 saturated heterocycles. The molecule has 0 radical (unpaired) electrons. The van der Waals surface area contributed by atoms with Crippen LogP contribution in [0.1, 0.15) is 29.0 Å². The second-order valence-electron chi connectivity index (χ2n) is 5.16. The minimum atomic E-state index is -1.11. The van der Waals surface area contributed by atoms with Crippen LogP contribution in [0.2, 0.25) is 0 Å². The van der Waals surface area contributed by atoms with Gasteiger partial charge >= 0.3 is 5.97 Å². The maximum Gasteiger partial charge on any atom is 0.372 e. The van der Waals surface area contributed by atoms with E-state index in [2.05, 4.69) is 10.6 Å². The van der Waals surface area contributed by atoms with E-state index in [0.717, 1.165) is 18.2 Å². The number of hydrogen-bond acceptors (Lipinski definition) is 4. The summed E-state index contributed by atoms with van der Waals surface area (Å²) < 4.78 is 5.35. The van der Waals surface area contributed by atoms with Gasteiger partial charge in [-0.25, -0.2) is 4.79 Å². The highest BCUT2D eigenvalue weighted by atomic mass is 16.4. The van der Waals surface area contributed by atoms with Crippen LogP contribution in [0.5, 0.6) is 0 Å². The SMILES string of the molecule is O=C(CNCc1c(C(=O)O)oc2ccccc12)NC1CC1. The molecule has 1 aromatic carbocycles. The molecule has 0 atom stereocenters. The minimum absolute atomic E-state index is 0.0674. The fraction of sp³-hybridized carbons (Fsp3) is 0.333. The lowest BCUT2D eigenvalue weighted by Gasteiger charge is -2.05. The van der Waals surface area contributed by atoms with Crippen molar-refractivity contribution in [1.29, 1.82) is 0 Å². The van der Waals surface area contributed by atoms with Gasteiger partial charge in [0.15, 0.2) is 0 Å². The van der Waals surface area contributed by atoms with Gasteiger partial charge in [0, 0.05) is 23.5 Å². The molecule has 0 bridgehead atoms. The molecule has 1 aromatic heterocycles. The summed E-state index contributed by atoms with van der Waals surface area (Å²) in [6, 6.07) is 7.48. The summed E-state index contributed by atoms with van der Waals surface area (Å²) >= 11 is 0. The van der Waals surface area contributed by atoms with Crippen LogP contribution < -0.4 is 10.6 Å². The van der Waals surface area contributed by atoms with Gasteiger partial charge in [0.1, 0.15) is 5.58 Å². The van der Waals surface area contributed by atoms with E-state index < -0.39 is 5.97 Å². The van der Waals surface area contributed by atoms with Crippen LogP contribution >= 0.6 is 0 Å². The summed E-state index contributed by atoms with van der Waals surface area (Å²) in [5.41, 5.74) is 1.10. The number of carboxylic acids is 1. The molecule has 3 N–H and O–H groups in total. The first-order chi connectivity index (χ1) is 10.1. The molecule has 1 heterocycles. The summed E-state index contributed by atoms with van der Waals surface area (Å²) in [7, 11) is 0. The third kappa shape index (κ3) is 3.05. The Morgan fingerprint density at radius 3 is 2.76 bits per heavy atom. The van der Waals surface area contributed by atoms with Crippen LogP contribution in [0.25, 0.3) is 11.0 Å². The van der Waals surface area contributed by atoms with Crippen LogP contribution in [0.15, 0.2) is 28.7 Å². The first-order valence-corrected chi connectivity index (χ1v) is 6.89. The number of nitrogens with one attached hydrogen (secondary N) is 2. The van der Waals surface area contributed by atoms with Crippen molar-refractivity contribution in [3.05, 3.63) is 35.6 Å². The van der Waals surface area contributed by atoms with Crippen LogP contribution in [-0.2, 0) is 11.3 Å². The first-order valence-electron chi connectivity index (χ1n) is 6.89. The van der Waals surface area contributed by atoms with Gasteiger partial charge in [-0.05, 0) is 18.9 Å². The van der Waals surface area contributed by atoms with E-state index in [-0.39, 0.29) is 24.8 Å². The van der Waals surface area contributed by atoms with Crippen molar-refractivity contribution in [1.82, 2.24) is 10.6 Å². The maximum atomic E-state index is 11.6. The van der Waals surface area contributed by atoms with Gasteiger partial charge in [0.05, 0.1) is 6.54 Å². The van der Waals surface area contributed by atoms with E-state index in [1.54, 1.807) is 12.1 Å². The molecule has 1 aliphatic carbocycles. The van der Waals surface area contributed by atoms with Crippen molar-refractivity contribution in [2.45, 2.75) is 25.4 Å². The molecular formula is C15H16N2O4. The average Bonchev–Trinajstić information content (AvgIpc) is 3.18. The number of aromatic carboxylic acids is 1. The third-order valence-corrected chi connectivity index (χ3v) is 3.42. The predicted octanol–water partition coefficient (Wildman–Crippen LogP) is 1.50. The molecule has 2 aromatic rings. The zero-order valence-electron chi connectivity index (χ0n) is 11.4. The molecule has 0 spiro atoms.